The average molecular weight is 258 g/mol. The van der Waals surface area contributed by atoms with Gasteiger partial charge in [-0.2, -0.15) is 0 Å². The number of nitrogens with zero attached hydrogens (tertiary/aromatic N) is 4. The summed E-state index contributed by atoms with van der Waals surface area (Å²) in [6.45, 7) is 4.60. The molecule has 2 aromatic rings. The Balaban J connectivity index is 2.33. The fraction of sp³-hybridized carbons (Fsp3) is 0.308. The summed E-state index contributed by atoms with van der Waals surface area (Å²) in [6.07, 6.45) is 0. The van der Waals surface area contributed by atoms with Gasteiger partial charge in [0.25, 0.3) is 0 Å². The molecule has 0 saturated heterocycles. The van der Waals surface area contributed by atoms with Gasteiger partial charge in [-0.05, 0) is 43.6 Å². The molecule has 0 aliphatic carbocycles. The highest BCUT2D eigenvalue weighted by atomic mass is 16.5. The van der Waals surface area contributed by atoms with Crippen molar-refractivity contribution in [1.82, 2.24) is 5.16 Å². The van der Waals surface area contributed by atoms with E-state index < -0.39 is 0 Å². The summed E-state index contributed by atoms with van der Waals surface area (Å²) < 4.78 is 10.5. The Hall–Kier alpha value is -2.46. The second-order valence-electron chi connectivity index (χ2n) is 3.91. The van der Waals surface area contributed by atoms with Crippen molar-refractivity contribution >= 4 is 0 Å². The zero-order chi connectivity index (χ0) is 13.7. The molecule has 1 aromatic heterocycles. The minimum Gasteiger partial charge on any atom is -0.494 e. The van der Waals surface area contributed by atoms with Gasteiger partial charge in [-0.25, -0.2) is 0 Å². The molecule has 0 spiro atoms. The first-order valence-electron chi connectivity index (χ1n) is 5.95. The van der Waals surface area contributed by atoms with E-state index in [1.807, 2.05) is 31.2 Å². The lowest BCUT2D eigenvalue weighted by atomic mass is 10.1. The van der Waals surface area contributed by atoms with Crippen molar-refractivity contribution in [3.8, 4) is 17.0 Å². The Bertz CT molecular complexity index is 598. The number of aryl methyl sites for hydroxylation is 1. The van der Waals surface area contributed by atoms with E-state index in [4.69, 9.17) is 14.8 Å². The van der Waals surface area contributed by atoms with Crippen molar-refractivity contribution < 1.29 is 9.26 Å². The maximum Gasteiger partial charge on any atom is 0.137 e. The second-order valence-corrected chi connectivity index (χ2v) is 3.91. The molecule has 1 aromatic carbocycles. The van der Waals surface area contributed by atoms with Crippen molar-refractivity contribution in [2.24, 2.45) is 5.11 Å². The van der Waals surface area contributed by atoms with E-state index in [0.717, 1.165) is 16.9 Å². The fourth-order valence-electron chi connectivity index (χ4n) is 1.78. The lowest BCUT2D eigenvalue weighted by Gasteiger charge is -2.04. The number of ether oxygens (including phenoxy) is 1. The molecule has 6 nitrogen and oxygen atoms in total. The van der Waals surface area contributed by atoms with E-state index in [1.165, 1.54) is 0 Å². The highest BCUT2D eigenvalue weighted by Gasteiger charge is 2.13. The molecule has 0 bridgehead atoms. The lowest BCUT2D eigenvalue weighted by Crippen LogP contribution is -1.91. The Kier molecular flexibility index (Phi) is 4.05. The number of aromatic nitrogens is 1. The summed E-state index contributed by atoms with van der Waals surface area (Å²) in [5.41, 5.74) is 10.8. The topological polar surface area (TPSA) is 84.0 Å². The first-order chi connectivity index (χ1) is 9.26. The zero-order valence-corrected chi connectivity index (χ0v) is 10.8. The molecule has 6 heteroatoms. The molecule has 0 radical (unpaired) electrons. The molecule has 0 N–H and O–H groups in total. The van der Waals surface area contributed by atoms with Gasteiger partial charge in [0.15, 0.2) is 0 Å². The highest BCUT2D eigenvalue weighted by Crippen LogP contribution is 2.27. The highest BCUT2D eigenvalue weighted by molar-refractivity contribution is 5.64. The monoisotopic (exact) mass is 258 g/mol. The van der Waals surface area contributed by atoms with Gasteiger partial charge in [0.1, 0.15) is 17.2 Å². The van der Waals surface area contributed by atoms with Crippen molar-refractivity contribution in [2.45, 2.75) is 20.4 Å². The smallest absolute Gasteiger partial charge is 0.137 e. The second kappa shape index (κ2) is 5.93. The van der Waals surface area contributed by atoms with Crippen LogP contribution < -0.4 is 4.74 Å². The molecule has 0 aliphatic rings. The summed E-state index contributed by atoms with van der Waals surface area (Å²) in [5, 5.41) is 7.58. The summed E-state index contributed by atoms with van der Waals surface area (Å²) in [5.74, 6) is 1.47. The van der Waals surface area contributed by atoms with Crippen LogP contribution in [0.25, 0.3) is 21.7 Å². The SMILES string of the molecule is CCOc1ccc(-c2noc(C)c2CN=[N+]=[N-])cc1. The van der Waals surface area contributed by atoms with Gasteiger partial charge >= 0.3 is 0 Å². The molecule has 0 saturated carbocycles. The summed E-state index contributed by atoms with van der Waals surface area (Å²) in [6, 6.07) is 7.56. The molecule has 0 unspecified atom stereocenters. The van der Waals surface area contributed by atoms with E-state index in [0.29, 0.717) is 18.1 Å². The molecular formula is C13H14N4O2. The van der Waals surface area contributed by atoms with Gasteiger partial charge in [-0.3, -0.25) is 0 Å². The lowest BCUT2D eigenvalue weighted by molar-refractivity contribution is 0.340. The molecule has 1 heterocycles. The van der Waals surface area contributed by atoms with Gasteiger partial charge in [-0.15, -0.1) is 0 Å². The maximum atomic E-state index is 8.40. The average Bonchev–Trinajstić information content (AvgIpc) is 2.79. The van der Waals surface area contributed by atoms with Crippen LogP contribution in [-0.2, 0) is 6.54 Å². The first kappa shape index (κ1) is 13.0. The van der Waals surface area contributed by atoms with Crippen molar-refractivity contribution in [3.05, 3.63) is 46.0 Å². The van der Waals surface area contributed by atoms with Gasteiger partial charge in [0.2, 0.25) is 0 Å². The third-order valence-corrected chi connectivity index (χ3v) is 2.72. The van der Waals surface area contributed by atoms with Gasteiger partial charge in [-0.1, -0.05) is 10.3 Å². The summed E-state index contributed by atoms with van der Waals surface area (Å²) >= 11 is 0. The van der Waals surface area contributed by atoms with Crippen LogP contribution in [0.5, 0.6) is 5.75 Å². The van der Waals surface area contributed by atoms with Gasteiger partial charge < -0.3 is 9.26 Å². The quantitative estimate of drug-likeness (QED) is 0.463. The van der Waals surface area contributed by atoms with Crippen molar-refractivity contribution in [3.63, 3.8) is 0 Å². The predicted octanol–water partition coefficient (Wildman–Crippen LogP) is 3.86. The van der Waals surface area contributed by atoms with Crippen LogP contribution in [-0.4, -0.2) is 11.8 Å². The standard InChI is InChI=1S/C13H14N4O2/c1-3-18-11-6-4-10(5-7-11)13-12(8-15-17-14)9(2)19-16-13/h4-7H,3,8H2,1-2H3. The normalized spacial score (nSPS) is 10.0. The van der Waals surface area contributed by atoms with Crippen LogP contribution in [0.15, 0.2) is 33.9 Å². The first-order valence-corrected chi connectivity index (χ1v) is 5.95. The Morgan fingerprint density at radius 3 is 2.74 bits per heavy atom. The largest absolute Gasteiger partial charge is 0.494 e. The van der Waals surface area contributed by atoms with Crippen LogP contribution in [0.1, 0.15) is 18.2 Å². The molecule has 98 valence electrons. The van der Waals surface area contributed by atoms with Crippen molar-refractivity contribution in [2.75, 3.05) is 6.61 Å². The van der Waals surface area contributed by atoms with Crippen LogP contribution in [0, 0.1) is 6.92 Å². The summed E-state index contributed by atoms with van der Waals surface area (Å²) in [4.78, 5) is 2.76. The number of hydrogen-bond donors (Lipinski definition) is 0. The molecule has 2 rings (SSSR count). The molecule has 0 aliphatic heterocycles. The molecule has 0 fully saturated rings. The Morgan fingerprint density at radius 2 is 2.11 bits per heavy atom. The van der Waals surface area contributed by atoms with E-state index in [1.54, 1.807) is 6.92 Å². The fourth-order valence-corrected chi connectivity index (χ4v) is 1.78. The van der Waals surface area contributed by atoms with Crippen LogP contribution in [0.4, 0.5) is 0 Å². The van der Waals surface area contributed by atoms with E-state index >= 15 is 0 Å². The molecule has 19 heavy (non-hydrogen) atoms. The third kappa shape index (κ3) is 2.86. The van der Waals surface area contributed by atoms with Crippen molar-refractivity contribution in [1.29, 1.82) is 0 Å². The number of benzene rings is 1. The van der Waals surface area contributed by atoms with E-state index in [2.05, 4.69) is 15.2 Å². The van der Waals surface area contributed by atoms with Crippen LogP contribution in [0.3, 0.4) is 0 Å². The minimum atomic E-state index is 0.231. The third-order valence-electron chi connectivity index (χ3n) is 2.72. The number of rotatable bonds is 5. The minimum absolute atomic E-state index is 0.231. The number of hydrogen-bond acceptors (Lipinski definition) is 4. The molecular weight excluding hydrogens is 244 g/mol. The maximum absolute atomic E-state index is 8.40. The van der Waals surface area contributed by atoms with Crippen LogP contribution in [0.2, 0.25) is 0 Å². The predicted molar refractivity (Wildman–Crippen MR) is 70.7 cm³/mol. The van der Waals surface area contributed by atoms with Gasteiger partial charge in [0, 0.05) is 16.0 Å². The van der Waals surface area contributed by atoms with Crippen LogP contribution >= 0.6 is 0 Å². The Labute approximate surface area is 110 Å². The molecule has 0 amide bonds. The summed E-state index contributed by atoms with van der Waals surface area (Å²) in [7, 11) is 0. The van der Waals surface area contributed by atoms with Gasteiger partial charge in [0.05, 0.1) is 13.2 Å². The number of azide groups is 1. The molecule has 0 atom stereocenters. The zero-order valence-electron chi connectivity index (χ0n) is 10.8. The van der Waals surface area contributed by atoms with E-state index in [-0.39, 0.29) is 6.54 Å². The van der Waals surface area contributed by atoms with E-state index in [9.17, 15) is 0 Å². The Morgan fingerprint density at radius 1 is 1.37 bits per heavy atom.